The number of nitrogens with one attached hydrogen (secondary N) is 2. The minimum absolute atomic E-state index is 0.0724. The first-order valence-electron chi connectivity index (χ1n) is 6.07. The summed E-state index contributed by atoms with van der Waals surface area (Å²) in [5.74, 6) is -0.500. The number of carbonyl (C=O) groups excluding carboxylic acids is 1. The molecule has 0 radical (unpaired) electrons. The van der Waals surface area contributed by atoms with Crippen molar-refractivity contribution in [3.05, 3.63) is 35.1 Å². The quantitative estimate of drug-likeness (QED) is 0.698. The first-order valence-corrected chi connectivity index (χ1v) is 6.07. The average molecular weight is 252 g/mol. The highest BCUT2D eigenvalue weighted by molar-refractivity contribution is 5.78. The standard InChI is InChI=1S/C13H17FN2O2/c14-12-4-1-9(5-10(12)8-17)6-16-13(18)7-15-11-2-3-11/h1,4-5,11,15,17H,2-3,6-8H2,(H,16,18). The molecule has 3 N–H and O–H groups in total. The monoisotopic (exact) mass is 252 g/mol. The maximum atomic E-state index is 13.1. The minimum atomic E-state index is -0.428. The summed E-state index contributed by atoms with van der Waals surface area (Å²) in [6.07, 6.45) is 2.29. The van der Waals surface area contributed by atoms with Gasteiger partial charge in [0.1, 0.15) is 5.82 Å². The van der Waals surface area contributed by atoms with Crippen LogP contribution in [0.4, 0.5) is 4.39 Å². The molecule has 1 fully saturated rings. The number of halogens is 1. The van der Waals surface area contributed by atoms with Gasteiger partial charge in [0.05, 0.1) is 13.2 Å². The van der Waals surface area contributed by atoms with Crippen LogP contribution in [0, 0.1) is 5.82 Å². The van der Waals surface area contributed by atoms with E-state index in [0.717, 1.165) is 18.4 Å². The van der Waals surface area contributed by atoms with E-state index in [1.807, 2.05) is 0 Å². The summed E-state index contributed by atoms with van der Waals surface area (Å²) in [6, 6.07) is 4.96. The maximum absolute atomic E-state index is 13.1. The zero-order valence-corrected chi connectivity index (χ0v) is 10.1. The highest BCUT2D eigenvalue weighted by atomic mass is 19.1. The van der Waals surface area contributed by atoms with Crippen molar-refractivity contribution >= 4 is 5.91 Å². The third kappa shape index (κ3) is 3.78. The van der Waals surface area contributed by atoms with Crippen molar-refractivity contribution in [3.8, 4) is 0 Å². The molecule has 1 amide bonds. The van der Waals surface area contributed by atoms with Gasteiger partial charge < -0.3 is 15.7 Å². The molecule has 5 heteroatoms. The number of amides is 1. The van der Waals surface area contributed by atoms with E-state index in [2.05, 4.69) is 10.6 Å². The normalized spacial score (nSPS) is 14.6. The molecule has 0 unspecified atom stereocenters. The van der Waals surface area contributed by atoms with Crippen LogP contribution >= 0.6 is 0 Å². The molecular formula is C13H17FN2O2. The Labute approximate surface area is 105 Å². The van der Waals surface area contributed by atoms with Crippen LogP contribution in [0.2, 0.25) is 0 Å². The molecule has 0 saturated heterocycles. The summed E-state index contributed by atoms with van der Waals surface area (Å²) in [5, 5.41) is 14.8. The van der Waals surface area contributed by atoms with Gasteiger partial charge in [-0.3, -0.25) is 4.79 Å². The van der Waals surface area contributed by atoms with Crippen LogP contribution in [-0.2, 0) is 17.9 Å². The van der Waals surface area contributed by atoms with Gasteiger partial charge in [-0.15, -0.1) is 0 Å². The van der Waals surface area contributed by atoms with Gasteiger partial charge >= 0.3 is 0 Å². The molecule has 0 bridgehead atoms. The Morgan fingerprint density at radius 2 is 2.22 bits per heavy atom. The lowest BCUT2D eigenvalue weighted by molar-refractivity contribution is -0.120. The minimum Gasteiger partial charge on any atom is -0.392 e. The number of hydrogen-bond donors (Lipinski definition) is 3. The molecule has 1 aromatic rings. The molecule has 18 heavy (non-hydrogen) atoms. The molecule has 0 heterocycles. The summed E-state index contributed by atoms with van der Waals surface area (Å²) in [4.78, 5) is 11.5. The Kier molecular flexibility index (Phi) is 4.28. The van der Waals surface area contributed by atoms with E-state index in [1.54, 1.807) is 12.1 Å². The smallest absolute Gasteiger partial charge is 0.234 e. The van der Waals surface area contributed by atoms with E-state index in [0.29, 0.717) is 19.1 Å². The molecule has 0 spiro atoms. The summed E-state index contributed by atoms with van der Waals surface area (Å²) in [7, 11) is 0. The number of carbonyl (C=O) groups is 1. The highest BCUT2D eigenvalue weighted by Gasteiger charge is 2.20. The van der Waals surface area contributed by atoms with E-state index in [4.69, 9.17) is 5.11 Å². The van der Waals surface area contributed by atoms with Gasteiger partial charge in [0, 0.05) is 18.2 Å². The number of hydrogen-bond acceptors (Lipinski definition) is 3. The lowest BCUT2D eigenvalue weighted by atomic mass is 10.1. The first-order chi connectivity index (χ1) is 8.69. The van der Waals surface area contributed by atoms with Crippen LogP contribution in [0.3, 0.4) is 0 Å². The Morgan fingerprint density at radius 3 is 2.89 bits per heavy atom. The first kappa shape index (κ1) is 13.0. The fraction of sp³-hybridized carbons (Fsp3) is 0.462. The topological polar surface area (TPSA) is 61.4 Å². The third-order valence-corrected chi connectivity index (χ3v) is 2.90. The molecule has 1 aliphatic carbocycles. The van der Waals surface area contributed by atoms with Gasteiger partial charge in [0.15, 0.2) is 0 Å². The number of benzene rings is 1. The van der Waals surface area contributed by atoms with E-state index in [-0.39, 0.29) is 18.1 Å². The summed E-state index contributed by atoms with van der Waals surface area (Å²) in [6.45, 7) is 0.327. The van der Waals surface area contributed by atoms with Crippen molar-refractivity contribution in [2.24, 2.45) is 0 Å². The molecule has 0 aliphatic heterocycles. The van der Waals surface area contributed by atoms with Crippen LogP contribution in [0.15, 0.2) is 18.2 Å². The average Bonchev–Trinajstić information content (AvgIpc) is 3.19. The third-order valence-electron chi connectivity index (χ3n) is 2.90. The van der Waals surface area contributed by atoms with Gasteiger partial charge in [0.25, 0.3) is 0 Å². The van der Waals surface area contributed by atoms with E-state index >= 15 is 0 Å². The molecular weight excluding hydrogens is 235 g/mol. The zero-order valence-electron chi connectivity index (χ0n) is 10.1. The SMILES string of the molecule is O=C(CNC1CC1)NCc1ccc(F)c(CO)c1. The molecule has 0 aromatic heterocycles. The van der Waals surface area contributed by atoms with Crippen LogP contribution < -0.4 is 10.6 Å². The van der Waals surface area contributed by atoms with Crippen molar-refractivity contribution in [3.63, 3.8) is 0 Å². The predicted octanol–water partition coefficient (Wildman–Crippen LogP) is 0.686. The lowest BCUT2D eigenvalue weighted by Crippen LogP contribution is -2.34. The van der Waals surface area contributed by atoms with Crippen molar-refractivity contribution in [2.75, 3.05) is 6.54 Å². The van der Waals surface area contributed by atoms with E-state index in [9.17, 15) is 9.18 Å². The second kappa shape index (κ2) is 5.93. The zero-order chi connectivity index (χ0) is 13.0. The van der Waals surface area contributed by atoms with Gasteiger partial charge in [-0.25, -0.2) is 4.39 Å². The van der Waals surface area contributed by atoms with Gasteiger partial charge in [-0.2, -0.15) is 0 Å². The lowest BCUT2D eigenvalue weighted by Gasteiger charge is -2.07. The van der Waals surface area contributed by atoms with Gasteiger partial charge in [-0.05, 0) is 30.5 Å². The van der Waals surface area contributed by atoms with Crippen molar-refractivity contribution < 1.29 is 14.3 Å². The Bertz CT molecular complexity index is 433. The molecule has 98 valence electrons. The van der Waals surface area contributed by atoms with Crippen LogP contribution in [0.5, 0.6) is 0 Å². The number of rotatable bonds is 6. The Balaban J connectivity index is 1.79. The molecule has 2 rings (SSSR count). The second-order valence-electron chi connectivity index (χ2n) is 4.52. The Morgan fingerprint density at radius 1 is 1.44 bits per heavy atom. The molecule has 4 nitrogen and oxygen atoms in total. The van der Waals surface area contributed by atoms with E-state index in [1.165, 1.54) is 6.07 Å². The van der Waals surface area contributed by atoms with Gasteiger partial charge in [0.2, 0.25) is 5.91 Å². The van der Waals surface area contributed by atoms with Crippen LogP contribution in [0.1, 0.15) is 24.0 Å². The molecule has 1 aromatic carbocycles. The molecule has 0 atom stereocenters. The summed E-state index contributed by atoms with van der Waals surface area (Å²) < 4.78 is 13.1. The number of aliphatic hydroxyl groups excluding tert-OH is 1. The highest BCUT2D eigenvalue weighted by Crippen LogP contribution is 2.17. The van der Waals surface area contributed by atoms with Crippen molar-refractivity contribution in [1.29, 1.82) is 0 Å². The van der Waals surface area contributed by atoms with E-state index < -0.39 is 5.82 Å². The fourth-order valence-electron chi connectivity index (χ4n) is 1.65. The molecule has 1 saturated carbocycles. The Hall–Kier alpha value is -1.46. The summed E-state index contributed by atoms with van der Waals surface area (Å²) >= 11 is 0. The van der Waals surface area contributed by atoms with Gasteiger partial charge in [-0.1, -0.05) is 6.07 Å². The fourth-order valence-corrected chi connectivity index (χ4v) is 1.65. The summed E-state index contributed by atoms with van der Waals surface area (Å²) in [5.41, 5.74) is 1.03. The molecule has 1 aliphatic rings. The van der Waals surface area contributed by atoms with Crippen molar-refractivity contribution in [1.82, 2.24) is 10.6 Å². The van der Waals surface area contributed by atoms with Crippen LogP contribution in [0.25, 0.3) is 0 Å². The largest absolute Gasteiger partial charge is 0.392 e. The second-order valence-corrected chi connectivity index (χ2v) is 4.52. The maximum Gasteiger partial charge on any atom is 0.234 e. The number of aliphatic hydroxyl groups is 1. The predicted molar refractivity (Wildman–Crippen MR) is 65.2 cm³/mol. The van der Waals surface area contributed by atoms with Crippen molar-refractivity contribution in [2.45, 2.75) is 32.0 Å². The van der Waals surface area contributed by atoms with Crippen LogP contribution in [-0.4, -0.2) is 23.6 Å².